The molecule has 0 saturated heterocycles. The van der Waals surface area contributed by atoms with Gasteiger partial charge in [-0.2, -0.15) is 5.10 Å². The summed E-state index contributed by atoms with van der Waals surface area (Å²) in [5.74, 6) is -0.963. The molecular formula is C22H25N3O4. The Hall–Kier alpha value is -3.22. The van der Waals surface area contributed by atoms with Gasteiger partial charge in [0.25, 0.3) is 5.56 Å². The van der Waals surface area contributed by atoms with Gasteiger partial charge in [0, 0.05) is 28.9 Å². The molecule has 7 nitrogen and oxygen atoms in total. The first-order valence-electron chi connectivity index (χ1n) is 9.63. The molecule has 0 amide bonds. The predicted molar refractivity (Wildman–Crippen MR) is 111 cm³/mol. The van der Waals surface area contributed by atoms with Crippen LogP contribution in [0.3, 0.4) is 0 Å². The van der Waals surface area contributed by atoms with Gasteiger partial charge in [-0.3, -0.25) is 9.59 Å². The first-order valence-corrected chi connectivity index (χ1v) is 9.63. The van der Waals surface area contributed by atoms with Crippen LogP contribution in [0.15, 0.2) is 35.1 Å². The zero-order valence-electron chi connectivity index (χ0n) is 17.1. The molecular weight excluding hydrogens is 370 g/mol. The fourth-order valence-corrected chi connectivity index (χ4v) is 3.54. The molecule has 0 aliphatic heterocycles. The van der Waals surface area contributed by atoms with Crippen molar-refractivity contribution in [3.05, 3.63) is 63.3 Å². The summed E-state index contributed by atoms with van der Waals surface area (Å²) in [4.78, 5) is 37.3. The second-order valence-corrected chi connectivity index (χ2v) is 7.70. The fourth-order valence-electron chi connectivity index (χ4n) is 3.54. The number of aromatic nitrogens is 3. The number of carbonyl (C=O) groups excluding carboxylic acids is 1. The van der Waals surface area contributed by atoms with E-state index in [4.69, 9.17) is 0 Å². The van der Waals surface area contributed by atoms with Crippen LogP contribution < -0.4 is 5.56 Å². The van der Waals surface area contributed by atoms with Crippen LogP contribution in [0.4, 0.5) is 0 Å². The number of fused-ring (bicyclic) bond motifs is 1. The summed E-state index contributed by atoms with van der Waals surface area (Å²) in [6.07, 6.45) is 0.998. The number of carboxylic acid groups (broad SMARTS) is 1. The highest BCUT2D eigenvalue weighted by molar-refractivity contribution is 6.01. The molecule has 2 heterocycles. The number of aryl methyl sites for hydroxylation is 1. The molecule has 0 unspecified atom stereocenters. The van der Waals surface area contributed by atoms with E-state index in [1.165, 1.54) is 0 Å². The second-order valence-electron chi connectivity index (χ2n) is 7.70. The lowest BCUT2D eigenvalue weighted by atomic mass is 10.1. The van der Waals surface area contributed by atoms with Crippen molar-refractivity contribution in [2.24, 2.45) is 5.92 Å². The molecule has 1 N–H and O–H groups in total. The van der Waals surface area contributed by atoms with Gasteiger partial charge in [0.15, 0.2) is 11.5 Å². The number of benzene rings is 1. The second kappa shape index (κ2) is 8.03. The maximum absolute atomic E-state index is 12.9. The highest BCUT2D eigenvalue weighted by atomic mass is 16.4. The van der Waals surface area contributed by atoms with Gasteiger partial charge in [-0.05, 0) is 38.3 Å². The Balaban J connectivity index is 1.99. The van der Waals surface area contributed by atoms with Gasteiger partial charge in [-0.15, -0.1) is 0 Å². The maximum atomic E-state index is 12.9. The Bertz CT molecular complexity index is 1150. The topological polar surface area (TPSA) is 94.2 Å². The lowest BCUT2D eigenvalue weighted by Crippen LogP contribution is -2.29. The van der Waals surface area contributed by atoms with Crippen LogP contribution in [-0.2, 0) is 13.1 Å². The molecule has 0 aliphatic rings. The van der Waals surface area contributed by atoms with Gasteiger partial charge in [-0.1, -0.05) is 32.0 Å². The van der Waals surface area contributed by atoms with E-state index in [-0.39, 0.29) is 28.8 Å². The van der Waals surface area contributed by atoms with Crippen molar-refractivity contribution in [3.63, 3.8) is 0 Å². The third-order valence-corrected chi connectivity index (χ3v) is 5.17. The number of Topliss-reactive ketones (excluding diaryl/α,β-unsaturated/α-hetero) is 1. The van der Waals surface area contributed by atoms with E-state index in [0.717, 1.165) is 29.0 Å². The highest BCUT2D eigenvalue weighted by Gasteiger charge is 2.20. The van der Waals surface area contributed by atoms with Gasteiger partial charge < -0.3 is 9.67 Å². The van der Waals surface area contributed by atoms with Gasteiger partial charge in [0.05, 0.1) is 5.39 Å². The van der Waals surface area contributed by atoms with Crippen molar-refractivity contribution >= 4 is 22.5 Å². The standard InChI is InChI=1S/C22H25N3O4/c1-13(2)9-10-24-14(3)11-18(15(24)4)19(26)12-25-21(27)17-8-6-5-7-16(17)20(23-25)22(28)29/h5-8,11,13H,9-10,12H2,1-4H3,(H,28,29). The lowest BCUT2D eigenvalue weighted by Gasteiger charge is -2.12. The Kier molecular flexibility index (Phi) is 5.68. The number of nitrogens with zero attached hydrogens (tertiary/aromatic N) is 3. The van der Waals surface area contributed by atoms with Crippen LogP contribution >= 0.6 is 0 Å². The van der Waals surface area contributed by atoms with Crippen LogP contribution in [0.1, 0.15) is 52.5 Å². The van der Waals surface area contributed by atoms with Crippen LogP contribution in [-0.4, -0.2) is 31.2 Å². The molecule has 2 aromatic heterocycles. The Labute approximate surface area is 168 Å². The summed E-state index contributed by atoms with van der Waals surface area (Å²) in [5.41, 5.74) is 1.64. The summed E-state index contributed by atoms with van der Waals surface area (Å²) in [6, 6.07) is 8.22. The van der Waals surface area contributed by atoms with E-state index in [9.17, 15) is 19.5 Å². The van der Waals surface area contributed by atoms with Crippen molar-refractivity contribution < 1.29 is 14.7 Å². The minimum Gasteiger partial charge on any atom is -0.476 e. The monoisotopic (exact) mass is 395 g/mol. The molecule has 0 fully saturated rings. The summed E-state index contributed by atoms with van der Waals surface area (Å²) >= 11 is 0. The quantitative estimate of drug-likeness (QED) is 0.619. The van der Waals surface area contributed by atoms with Crippen LogP contribution in [0.5, 0.6) is 0 Å². The third kappa shape index (κ3) is 3.99. The van der Waals surface area contributed by atoms with Crippen molar-refractivity contribution in [1.82, 2.24) is 14.3 Å². The van der Waals surface area contributed by atoms with Crippen molar-refractivity contribution in [1.29, 1.82) is 0 Å². The van der Waals surface area contributed by atoms with Crippen molar-refractivity contribution in [2.45, 2.75) is 47.2 Å². The molecule has 0 atom stereocenters. The van der Waals surface area contributed by atoms with E-state index in [0.29, 0.717) is 11.5 Å². The van der Waals surface area contributed by atoms with E-state index >= 15 is 0 Å². The minimum atomic E-state index is -1.24. The molecule has 0 bridgehead atoms. The molecule has 0 aliphatic carbocycles. The number of rotatable bonds is 7. The lowest BCUT2D eigenvalue weighted by molar-refractivity contribution is 0.0688. The molecule has 0 spiro atoms. The number of carbonyl (C=O) groups is 2. The van der Waals surface area contributed by atoms with Crippen LogP contribution in [0.25, 0.3) is 10.8 Å². The first kappa shape index (κ1) is 20.5. The Morgan fingerprint density at radius 1 is 1.14 bits per heavy atom. The molecule has 7 heteroatoms. The summed E-state index contributed by atoms with van der Waals surface area (Å²) in [6.45, 7) is 8.65. The largest absolute Gasteiger partial charge is 0.476 e. The first-order chi connectivity index (χ1) is 13.7. The Morgan fingerprint density at radius 2 is 1.79 bits per heavy atom. The number of carboxylic acids is 1. The highest BCUT2D eigenvalue weighted by Crippen LogP contribution is 2.19. The molecule has 0 saturated carbocycles. The third-order valence-electron chi connectivity index (χ3n) is 5.17. The number of ketones is 1. The molecule has 1 aromatic carbocycles. The number of hydrogen-bond donors (Lipinski definition) is 1. The maximum Gasteiger partial charge on any atom is 0.357 e. The smallest absolute Gasteiger partial charge is 0.357 e. The van der Waals surface area contributed by atoms with E-state index < -0.39 is 11.5 Å². The molecule has 152 valence electrons. The molecule has 3 aromatic rings. The van der Waals surface area contributed by atoms with Crippen molar-refractivity contribution in [2.75, 3.05) is 0 Å². The zero-order chi connectivity index (χ0) is 21.3. The normalized spacial score (nSPS) is 11.3. The minimum absolute atomic E-state index is 0.232. The number of hydrogen-bond acceptors (Lipinski definition) is 4. The van der Waals surface area contributed by atoms with E-state index in [1.54, 1.807) is 24.3 Å². The predicted octanol–water partition coefficient (Wildman–Crippen LogP) is 3.44. The Morgan fingerprint density at radius 3 is 2.41 bits per heavy atom. The molecule has 3 rings (SSSR count). The van der Waals surface area contributed by atoms with Gasteiger partial charge >= 0.3 is 5.97 Å². The summed E-state index contributed by atoms with van der Waals surface area (Å²) in [5, 5.41) is 13.9. The van der Waals surface area contributed by atoms with Gasteiger partial charge in [0.2, 0.25) is 0 Å². The average Bonchev–Trinajstić information content (AvgIpc) is 2.96. The number of aromatic carboxylic acids is 1. The van der Waals surface area contributed by atoms with Crippen molar-refractivity contribution in [3.8, 4) is 0 Å². The van der Waals surface area contributed by atoms with Gasteiger partial charge in [-0.25, -0.2) is 9.48 Å². The van der Waals surface area contributed by atoms with Crippen LogP contribution in [0, 0.1) is 19.8 Å². The fraction of sp³-hybridized carbons (Fsp3) is 0.364. The van der Waals surface area contributed by atoms with E-state index in [1.807, 2.05) is 19.9 Å². The summed E-state index contributed by atoms with van der Waals surface area (Å²) < 4.78 is 3.06. The zero-order valence-corrected chi connectivity index (χ0v) is 17.1. The summed E-state index contributed by atoms with van der Waals surface area (Å²) in [7, 11) is 0. The van der Waals surface area contributed by atoms with Crippen LogP contribution in [0.2, 0.25) is 0 Å². The molecule has 29 heavy (non-hydrogen) atoms. The van der Waals surface area contributed by atoms with Gasteiger partial charge in [0.1, 0.15) is 6.54 Å². The van der Waals surface area contributed by atoms with E-state index in [2.05, 4.69) is 23.5 Å². The molecule has 0 radical (unpaired) electrons. The average molecular weight is 395 g/mol. The SMILES string of the molecule is Cc1cc(C(=O)Cn2nc(C(=O)O)c3ccccc3c2=O)c(C)n1CCC(C)C.